The SMILES string of the molecule is COC1(C(=O)NCCn2c(C)nc3ccccc32)CCNCC1.Cl.Cl. The van der Waals surface area contributed by atoms with Crippen LogP contribution in [-0.4, -0.2) is 47.8 Å². The van der Waals surface area contributed by atoms with Gasteiger partial charge in [0.2, 0.25) is 0 Å². The number of carbonyl (C=O) groups excluding carboxylic acids is 1. The van der Waals surface area contributed by atoms with Crippen molar-refractivity contribution in [3.05, 3.63) is 30.1 Å². The molecule has 1 amide bonds. The summed E-state index contributed by atoms with van der Waals surface area (Å²) in [7, 11) is 1.62. The molecule has 1 aromatic heterocycles. The van der Waals surface area contributed by atoms with Crippen LogP contribution in [0.5, 0.6) is 0 Å². The Morgan fingerprint density at radius 2 is 2.00 bits per heavy atom. The number of hydrogen-bond acceptors (Lipinski definition) is 4. The largest absolute Gasteiger partial charge is 0.368 e. The molecule has 0 spiro atoms. The predicted octanol–water partition coefficient (Wildman–Crippen LogP) is 2.07. The summed E-state index contributed by atoms with van der Waals surface area (Å²) in [4.78, 5) is 17.1. The van der Waals surface area contributed by atoms with Crippen LogP contribution in [-0.2, 0) is 16.1 Å². The first kappa shape index (κ1) is 21.7. The second-order valence-corrected chi connectivity index (χ2v) is 6.00. The Bertz CT molecular complexity index is 699. The lowest BCUT2D eigenvalue weighted by Crippen LogP contribution is -2.54. The van der Waals surface area contributed by atoms with Crippen molar-refractivity contribution in [2.75, 3.05) is 26.7 Å². The molecule has 25 heavy (non-hydrogen) atoms. The van der Waals surface area contributed by atoms with Gasteiger partial charge in [0, 0.05) is 20.2 Å². The van der Waals surface area contributed by atoms with E-state index in [2.05, 4.69) is 26.3 Å². The van der Waals surface area contributed by atoms with Gasteiger partial charge >= 0.3 is 0 Å². The number of piperidine rings is 1. The third-order valence-electron chi connectivity index (χ3n) is 4.68. The topological polar surface area (TPSA) is 68.2 Å². The molecule has 1 aliphatic rings. The van der Waals surface area contributed by atoms with Gasteiger partial charge in [0.1, 0.15) is 11.4 Å². The van der Waals surface area contributed by atoms with E-state index in [4.69, 9.17) is 4.74 Å². The van der Waals surface area contributed by atoms with E-state index in [1.807, 2.05) is 25.1 Å². The third kappa shape index (κ3) is 4.44. The average molecular weight is 389 g/mol. The van der Waals surface area contributed by atoms with Gasteiger partial charge in [-0.05, 0) is 45.0 Å². The third-order valence-corrected chi connectivity index (χ3v) is 4.68. The van der Waals surface area contributed by atoms with Crippen molar-refractivity contribution in [2.45, 2.75) is 31.9 Å². The number of aryl methyl sites for hydroxylation is 1. The highest BCUT2D eigenvalue weighted by Gasteiger charge is 2.39. The smallest absolute Gasteiger partial charge is 0.252 e. The van der Waals surface area contributed by atoms with E-state index in [0.29, 0.717) is 25.9 Å². The molecule has 8 heteroatoms. The molecule has 0 bridgehead atoms. The van der Waals surface area contributed by atoms with Crippen LogP contribution in [0.15, 0.2) is 24.3 Å². The highest BCUT2D eigenvalue weighted by Crippen LogP contribution is 2.22. The number of halogens is 2. The number of hydrogen-bond donors (Lipinski definition) is 2. The first-order valence-electron chi connectivity index (χ1n) is 8.12. The van der Waals surface area contributed by atoms with E-state index in [9.17, 15) is 4.79 Å². The van der Waals surface area contributed by atoms with Gasteiger partial charge in [-0.25, -0.2) is 4.98 Å². The van der Waals surface area contributed by atoms with E-state index in [1.54, 1.807) is 7.11 Å². The molecule has 1 aromatic carbocycles. The Hall–Kier alpha value is -1.34. The zero-order valence-corrected chi connectivity index (χ0v) is 16.2. The molecule has 0 radical (unpaired) electrons. The van der Waals surface area contributed by atoms with Crippen LogP contribution in [0.25, 0.3) is 11.0 Å². The lowest BCUT2D eigenvalue weighted by atomic mass is 9.91. The van der Waals surface area contributed by atoms with Crippen LogP contribution in [0.3, 0.4) is 0 Å². The monoisotopic (exact) mass is 388 g/mol. The number of fused-ring (bicyclic) bond motifs is 1. The van der Waals surface area contributed by atoms with Crippen molar-refractivity contribution >= 4 is 41.8 Å². The molecule has 140 valence electrons. The first-order chi connectivity index (χ1) is 11.2. The second-order valence-electron chi connectivity index (χ2n) is 6.00. The number of para-hydroxylation sites is 2. The summed E-state index contributed by atoms with van der Waals surface area (Å²) in [6.45, 7) is 4.89. The molecule has 2 heterocycles. The Kier molecular flexibility index (Phi) is 8.15. The zero-order chi connectivity index (χ0) is 16.3. The molecule has 0 aliphatic carbocycles. The molecule has 2 aromatic rings. The number of ether oxygens (including phenoxy) is 1. The summed E-state index contributed by atoms with van der Waals surface area (Å²) in [5.41, 5.74) is 1.41. The maximum absolute atomic E-state index is 12.5. The summed E-state index contributed by atoms with van der Waals surface area (Å²) in [6, 6.07) is 8.06. The minimum atomic E-state index is -0.683. The van der Waals surface area contributed by atoms with Crippen molar-refractivity contribution in [3.8, 4) is 0 Å². The number of benzene rings is 1. The average Bonchev–Trinajstić information content (AvgIpc) is 2.91. The number of methoxy groups -OCH3 is 1. The van der Waals surface area contributed by atoms with E-state index < -0.39 is 5.60 Å². The lowest BCUT2D eigenvalue weighted by Gasteiger charge is -2.34. The van der Waals surface area contributed by atoms with E-state index in [0.717, 1.165) is 29.9 Å². The van der Waals surface area contributed by atoms with Gasteiger partial charge in [0.15, 0.2) is 0 Å². The maximum atomic E-state index is 12.5. The van der Waals surface area contributed by atoms with Gasteiger partial charge in [-0.15, -0.1) is 24.8 Å². The first-order valence-corrected chi connectivity index (χ1v) is 8.12. The molecule has 3 rings (SSSR count). The highest BCUT2D eigenvalue weighted by molar-refractivity contribution is 5.86. The molecular formula is C17H26Cl2N4O2. The van der Waals surface area contributed by atoms with E-state index >= 15 is 0 Å². The number of nitrogens with zero attached hydrogens (tertiary/aromatic N) is 2. The Morgan fingerprint density at radius 1 is 1.32 bits per heavy atom. The zero-order valence-electron chi connectivity index (χ0n) is 14.6. The molecule has 2 N–H and O–H groups in total. The van der Waals surface area contributed by atoms with Crippen LogP contribution in [0, 0.1) is 6.92 Å². The molecule has 0 atom stereocenters. The molecule has 1 saturated heterocycles. The Morgan fingerprint density at radius 3 is 2.68 bits per heavy atom. The van der Waals surface area contributed by atoms with Crippen molar-refractivity contribution in [1.82, 2.24) is 20.2 Å². The Balaban J connectivity index is 0.00000156. The number of rotatable bonds is 5. The minimum absolute atomic E-state index is 0. The lowest BCUT2D eigenvalue weighted by molar-refractivity contribution is -0.146. The fourth-order valence-corrected chi connectivity index (χ4v) is 3.28. The standard InChI is InChI=1S/C17H24N4O2.2ClH/c1-13-20-14-5-3-4-6-15(14)21(13)12-11-19-16(22)17(23-2)7-9-18-10-8-17;;/h3-6,18H,7-12H2,1-2H3,(H,19,22);2*1H. The van der Waals surface area contributed by atoms with Gasteiger partial charge in [0.25, 0.3) is 5.91 Å². The number of carbonyl (C=O) groups is 1. The number of nitrogens with one attached hydrogen (secondary N) is 2. The van der Waals surface area contributed by atoms with Crippen LogP contribution in [0.1, 0.15) is 18.7 Å². The van der Waals surface area contributed by atoms with Gasteiger partial charge in [-0.3, -0.25) is 4.79 Å². The molecule has 6 nitrogen and oxygen atoms in total. The minimum Gasteiger partial charge on any atom is -0.368 e. The summed E-state index contributed by atoms with van der Waals surface area (Å²) in [5, 5.41) is 6.30. The van der Waals surface area contributed by atoms with Gasteiger partial charge < -0.3 is 19.9 Å². The molecule has 1 aliphatic heterocycles. The number of amides is 1. The van der Waals surface area contributed by atoms with Gasteiger partial charge in [-0.1, -0.05) is 12.1 Å². The number of imidazole rings is 1. The quantitative estimate of drug-likeness (QED) is 0.822. The molecule has 0 saturated carbocycles. The maximum Gasteiger partial charge on any atom is 0.252 e. The fraction of sp³-hybridized carbons (Fsp3) is 0.529. The summed E-state index contributed by atoms with van der Waals surface area (Å²) in [6.07, 6.45) is 1.42. The summed E-state index contributed by atoms with van der Waals surface area (Å²) >= 11 is 0. The van der Waals surface area contributed by atoms with Gasteiger partial charge in [0.05, 0.1) is 11.0 Å². The van der Waals surface area contributed by atoms with E-state index in [-0.39, 0.29) is 30.7 Å². The molecular weight excluding hydrogens is 363 g/mol. The van der Waals surface area contributed by atoms with Crippen molar-refractivity contribution in [3.63, 3.8) is 0 Å². The molecule has 0 unspecified atom stereocenters. The van der Waals surface area contributed by atoms with Gasteiger partial charge in [-0.2, -0.15) is 0 Å². The van der Waals surface area contributed by atoms with Crippen LogP contribution in [0.4, 0.5) is 0 Å². The normalized spacial score (nSPS) is 15.9. The van der Waals surface area contributed by atoms with Crippen LogP contribution < -0.4 is 10.6 Å². The Labute approximate surface area is 160 Å². The summed E-state index contributed by atoms with van der Waals surface area (Å²) in [5.74, 6) is 0.951. The van der Waals surface area contributed by atoms with Crippen molar-refractivity contribution in [1.29, 1.82) is 0 Å². The fourth-order valence-electron chi connectivity index (χ4n) is 3.28. The number of aromatic nitrogens is 2. The predicted molar refractivity (Wildman–Crippen MR) is 104 cm³/mol. The summed E-state index contributed by atoms with van der Waals surface area (Å²) < 4.78 is 7.69. The molecule has 1 fully saturated rings. The second kappa shape index (κ2) is 9.38. The highest BCUT2D eigenvalue weighted by atomic mass is 35.5. The van der Waals surface area contributed by atoms with Crippen molar-refractivity contribution < 1.29 is 9.53 Å². The van der Waals surface area contributed by atoms with Crippen LogP contribution in [0.2, 0.25) is 0 Å². The van der Waals surface area contributed by atoms with Crippen LogP contribution >= 0.6 is 24.8 Å². The van der Waals surface area contributed by atoms with Crippen molar-refractivity contribution in [2.24, 2.45) is 0 Å². The van der Waals surface area contributed by atoms with E-state index in [1.165, 1.54) is 0 Å².